The second-order valence-corrected chi connectivity index (χ2v) is 3.95. The quantitative estimate of drug-likeness (QED) is 0.498. The Labute approximate surface area is 75.5 Å². The van der Waals surface area contributed by atoms with Crippen LogP contribution < -0.4 is 0 Å². The predicted octanol–water partition coefficient (Wildman–Crippen LogP) is 2.49. The highest BCUT2D eigenvalue weighted by Crippen LogP contribution is 2.24. The van der Waals surface area contributed by atoms with E-state index >= 15 is 0 Å². The van der Waals surface area contributed by atoms with Crippen molar-refractivity contribution in [2.45, 2.75) is 46.1 Å². The molecule has 0 bridgehead atoms. The Morgan fingerprint density at radius 2 is 2.25 bits per heavy atom. The number of likely N-dealkylation sites (tertiary alicyclic amines) is 1. The van der Waals surface area contributed by atoms with Gasteiger partial charge in [0, 0.05) is 19.0 Å². The van der Waals surface area contributed by atoms with Crippen molar-refractivity contribution in [3.8, 4) is 0 Å². The first kappa shape index (κ1) is 9.56. The van der Waals surface area contributed by atoms with Crippen LogP contribution in [0.1, 0.15) is 40.0 Å². The summed E-state index contributed by atoms with van der Waals surface area (Å²) in [7, 11) is 0. The van der Waals surface area contributed by atoms with Gasteiger partial charge >= 0.3 is 0 Å². The second kappa shape index (κ2) is 3.92. The summed E-state index contributed by atoms with van der Waals surface area (Å²) in [5, 5.41) is 7.78. The Hall–Kier alpha value is -0.530. The van der Waals surface area contributed by atoms with E-state index in [0.29, 0.717) is 12.0 Å². The largest absolute Gasteiger partial charge is 0.357 e. The van der Waals surface area contributed by atoms with E-state index in [1.165, 1.54) is 12.8 Å². The zero-order valence-corrected chi connectivity index (χ0v) is 8.43. The van der Waals surface area contributed by atoms with E-state index in [2.05, 4.69) is 25.7 Å². The van der Waals surface area contributed by atoms with Gasteiger partial charge in [-0.2, -0.15) is 0 Å². The van der Waals surface area contributed by atoms with Crippen molar-refractivity contribution in [1.29, 1.82) is 5.41 Å². The van der Waals surface area contributed by atoms with E-state index in [0.717, 1.165) is 18.8 Å². The highest BCUT2D eigenvalue weighted by molar-refractivity contribution is 5.79. The molecule has 1 fully saturated rings. The highest BCUT2D eigenvalue weighted by atomic mass is 15.2. The average Bonchev–Trinajstić information content (AvgIpc) is 2.50. The molecule has 0 aromatic carbocycles. The molecule has 2 nitrogen and oxygen atoms in total. The van der Waals surface area contributed by atoms with E-state index in [9.17, 15) is 0 Å². The molecular formula is C10H20N2. The topological polar surface area (TPSA) is 27.1 Å². The maximum Gasteiger partial charge on any atom is 0.0957 e. The van der Waals surface area contributed by atoms with Gasteiger partial charge in [-0.1, -0.05) is 20.8 Å². The van der Waals surface area contributed by atoms with Crippen molar-refractivity contribution >= 4 is 5.84 Å². The van der Waals surface area contributed by atoms with Gasteiger partial charge in [-0.3, -0.25) is 5.41 Å². The Morgan fingerprint density at radius 1 is 1.58 bits per heavy atom. The van der Waals surface area contributed by atoms with Crippen LogP contribution in [0.5, 0.6) is 0 Å². The fourth-order valence-corrected chi connectivity index (χ4v) is 2.02. The fraction of sp³-hybridized carbons (Fsp3) is 0.900. The molecule has 1 aliphatic rings. The number of nitrogens with one attached hydrogen (secondary N) is 1. The van der Waals surface area contributed by atoms with Gasteiger partial charge in [0.25, 0.3) is 0 Å². The summed E-state index contributed by atoms with van der Waals surface area (Å²) in [6.07, 6.45) is 3.43. The zero-order chi connectivity index (χ0) is 9.14. The smallest absolute Gasteiger partial charge is 0.0957 e. The summed E-state index contributed by atoms with van der Waals surface area (Å²) in [5.74, 6) is 1.52. The van der Waals surface area contributed by atoms with Crippen LogP contribution in [0.25, 0.3) is 0 Å². The van der Waals surface area contributed by atoms with Crippen LogP contribution in [-0.2, 0) is 0 Å². The molecule has 1 N–H and O–H groups in total. The van der Waals surface area contributed by atoms with Crippen LogP contribution in [0, 0.1) is 11.3 Å². The second-order valence-electron chi connectivity index (χ2n) is 3.95. The standard InChI is InChI=1S/C10H20N2/c1-4-10(11)12-7-5-6-9(12)8(2)3/h8-9,11H,4-7H2,1-3H3. The predicted molar refractivity (Wildman–Crippen MR) is 52.6 cm³/mol. The number of hydrogen-bond donors (Lipinski definition) is 1. The molecule has 0 aromatic heterocycles. The first-order valence-corrected chi connectivity index (χ1v) is 5.00. The summed E-state index contributed by atoms with van der Waals surface area (Å²) in [4.78, 5) is 2.28. The summed E-state index contributed by atoms with van der Waals surface area (Å²) < 4.78 is 0. The van der Waals surface area contributed by atoms with Crippen molar-refractivity contribution in [2.24, 2.45) is 5.92 Å². The van der Waals surface area contributed by atoms with Crippen LogP contribution in [0.4, 0.5) is 0 Å². The van der Waals surface area contributed by atoms with Crippen molar-refractivity contribution in [1.82, 2.24) is 4.90 Å². The van der Waals surface area contributed by atoms with Crippen LogP contribution in [-0.4, -0.2) is 23.3 Å². The Kier molecular flexibility index (Phi) is 3.12. The van der Waals surface area contributed by atoms with E-state index in [4.69, 9.17) is 5.41 Å². The summed E-state index contributed by atoms with van der Waals surface area (Å²) >= 11 is 0. The van der Waals surface area contributed by atoms with Crippen LogP contribution in [0.3, 0.4) is 0 Å². The third kappa shape index (κ3) is 1.79. The SMILES string of the molecule is CCC(=N)N1CCCC1C(C)C. The van der Waals surface area contributed by atoms with E-state index in [1.807, 2.05) is 0 Å². The normalized spacial score (nSPS) is 23.7. The highest BCUT2D eigenvalue weighted by Gasteiger charge is 2.27. The first-order valence-electron chi connectivity index (χ1n) is 5.00. The van der Waals surface area contributed by atoms with Gasteiger partial charge in [-0.25, -0.2) is 0 Å². The maximum atomic E-state index is 7.78. The molecule has 2 heteroatoms. The molecule has 0 aromatic rings. The molecule has 0 amide bonds. The van der Waals surface area contributed by atoms with E-state index in [1.54, 1.807) is 0 Å². The number of nitrogens with zero attached hydrogens (tertiary/aromatic N) is 1. The minimum atomic E-state index is 0.637. The monoisotopic (exact) mass is 168 g/mol. The Morgan fingerprint density at radius 3 is 2.75 bits per heavy atom. The van der Waals surface area contributed by atoms with Crippen molar-refractivity contribution in [3.05, 3.63) is 0 Å². The van der Waals surface area contributed by atoms with Crippen molar-refractivity contribution < 1.29 is 0 Å². The summed E-state index contributed by atoms with van der Waals surface area (Å²) in [6.45, 7) is 7.69. The van der Waals surface area contributed by atoms with Crippen LogP contribution in [0.15, 0.2) is 0 Å². The van der Waals surface area contributed by atoms with Gasteiger partial charge in [0.2, 0.25) is 0 Å². The lowest BCUT2D eigenvalue weighted by atomic mass is 10.0. The van der Waals surface area contributed by atoms with Crippen molar-refractivity contribution in [3.63, 3.8) is 0 Å². The minimum Gasteiger partial charge on any atom is -0.357 e. The van der Waals surface area contributed by atoms with Gasteiger partial charge in [-0.05, 0) is 18.8 Å². The molecule has 0 spiro atoms. The average molecular weight is 168 g/mol. The lowest BCUT2D eigenvalue weighted by molar-refractivity contribution is 0.303. The molecule has 0 radical (unpaired) electrons. The molecule has 1 atom stereocenters. The third-order valence-electron chi connectivity index (χ3n) is 2.75. The zero-order valence-electron chi connectivity index (χ0n) is 8.43. The molecule has 1 heterocycles. The lowest BCUT2D eigenvalue weighted by Crippen LogP contribution is -2.37. The number of rotatable bonds is 2. The third-order valence-corrected chi connectivity index (χ3v) is 2.75. The van der Waals surface area contributed by atoms with Crippen molar-refractivity contribution in [2.75, 3.05) is 6.54 Å². The fourth-order valence-electron chi connectivity index (χ4n) is 2.02. The van der Waals surface area contributed by atoms with Crippen LogP contribution in [0.2, 0.25) is 0 Å². The lowest BCUT2D eigenvalue weighted by Gasteiger charge is -2.29. The molecule has 0 aliphatic carbocycles. The molecule has 12 heavy (non-hydrogen) atoms. The van der Waals surface area contributed by atoms with Crippen LogP contribution >= 0.6 is 0 Å². The molecule has 70 valence electrons. The molecule has 0 saturated carbocycles. The molecule has 1 saturated heterocycles. The van der Waals surface area contributed by atoms with Gasteiger partial charge in [0.05, 0.1) is 5.84 Å². The van der Waals surface area contributed by atoms with E-state index < -0.39 is 0 Å². The van der Waals surface area contributed by atoms with Gasteiger partial charge in [0.15, 0.2) is 0 Å². The first-order chi connectivity index (χ1) is 5.66. The number of hydrogen-bond acceptors (Lipinski definition) is 1. The summed E-state index contributed by atoms with van der Waals surface area (Å²) in [6, 6.07) is 0.637. The van der Waals surface area contributed by atoms with E-state index in [-0.39, 0.29) is 0 Å². The Balaban J connectivity index is 2.57. The summed E-state index contributed by atoms with van der Waals surface area (Å²) in [5.41, 5.74) is 0. The Bertz CT molecular complexity index is 163. The van der Waals surface area contributed by atoms with Gasteiger partial charge in [0.1, 0.15) is 0 Å². The van der Waals surface area contributed by atoms with Gasteiger partial charge < -0.3 is 4.90 Å². The minimum absolute atomic E-state index is 0.637. The molecular weight excluding hydrogens is 148 g/mol. The molecule has 1 aliphatic heterocycles. The molecule has 1 rings (SSSR count). The number of amidine groups is 1. The van der Waals surface area contributed by atoms with Gasteiger partial charge in [-0.15, -0.1) is 0 Å². The molecule has 1 unspecified atom stereocenters. The maximum absolute atomic E-state index is 7.78.